The van der Waals surface area contributed by atoms with Gasteiger partial charge in [0, 0.05) is 19.3 Å². The molecule has 0 aliphatic heterocycles. The third kappa shape index (κ3) is 2.14. The maximum atomic E-state index is 6.13. The molecular weight excluding hydrogens is 220 g/mol. The van der Waals surface area contributed by atoms with E-state index in [0.717, 1.165) is 6.54 Å². The Hall–Kier alpha value is -1.02. The first-order valence-corrected chi connectivity index (χ1v) is 7.02. The first kappa shape index (κ1) is 13.4. The molecule has 0 bridgehead atoms. The number of aryl methyl sites for hydroxylation is 2. The summed E-state index contributed by atoms with van der Waals surface area (Å²) in [5.41, 5.74) is 10.3. The maximum absolute atomic E-state index is 6.13. The molecule has 1 aliphatic rings. The average Bonchev–Trinajstić information content (AvgIpc) is 2.69. The monoisotopic (exact) mass is 246 g/mol. The van der Waals surface area contributed by atoms with E-state index in [4.69, 9.17) is 5.73 Å². The van der Waals surface area contributed by atoms with Crippen molar-refractivity contribution in [3.63, 3.8) is 0 Å². The minimum Gasteiger partial charge on any atom is -0.367 e. The first-order chi connectivity index (χ1) is 8.49. The van der Waals surface area contributed by atoms with Gasteiger partial charge in [-0.15, -0.1) is 0 Å². The van der Waals surface area contributed by atoms with Gasteiger partial charge in [0.25, 0.3) is 0 Å². The topological polar surface area (TPSA) is 29.3 Å². The lowest BCUT2D eigenvalue weighted by Gasteiger charge is -2.43. The lowest BCUT2D eigenvalue weighted by Crippen LogP contribution is -2.54. The molecule has 0 saturated heterocycles. The van der Waals surface area contributed by atoms with Crippen LogP contribution in [0.1, 0.15) is 37.3 Å². The summed E-state index contributed by atoms with van der Waals surface area (Å²) in [6.07, 6.45) is 3.81. The summed E-state index contributed by atoms with van der Waals surface area (Å²) in [5, 5.41) is 0. The Labute approximate surface area is 111 Å². The van der Waals surface area contributed by atoms with E-state index in [1.165, 1.54) is 36.1 Å². The summed E-state index contributed by atoms with van der Waals surface area (Å²) >= 11 is 0. The smallest absolute Gasteiger partial charge is 0.0546 e. The maximum Gasteiger partial charge on any atom is 0.0546 e. The van der Waals surface area contributed by atoms with Crippen LogP contribution >= 0.6 is 0 Å². The van der Waals surface area contributed by atoms with E-state index in [1.54, 1.807) is 0 Å². The predicted octanol–water partition coefficient (Wildman–Crippen LogP) is 3.26. The molecule has 0 heterocycles. The van der Waals surface area contributed by atoms with Gasteiger partial charge >= 0.3 is 0 Å². The van der Waals surface area contributed by atoms with Gasteiger partial charge in [-0.1, -0.05) is 19.4 Å². The summed E-state index contributed by atoms with van der Waals surface area (Å²) < 4.78 is 0. The van der Waals surface area contributed by atoms with Gasteiger partial charge in [-0.2, -0.15) is 0 Å². The Morgan fingerprint density at radius 1 is 1.28 bits per heavy atom. The number of benzene rings is 1. The fourth-order valence-corrected chi connectivity index (χ4v) is 3.57. The van der Waals surface area contributed by atoms with Gasteiger partial charge in [-0.3, -0.25) is 0 Å². The molecule has 2 atom stereocenters. The lowest BCUT2D eigenvalue weighted by molar-refractivity contribution is 0.331. The Kier molecular flexibility index (Phi) is 3.67. The highest BCUT2D eigenvalue weighted by atomic mass is 15.2. The minimum absolute atomic E-state index is 0.153. The van der Waals surface area contributed by atoms with Gasteiger partial charge in [-0.05, 0) is 55.9 Å². The second kappa shape index (κ2) is 4.93. The van der Waals surface area contributed by atoms with Crippen molar-refractivity contribution < 1.29 is 0 Å². The fourth-order valence-electron chi connectivity index (χ4n) is 3.57. The summed E-state index contributed by atoms with van der Waals surface area (Å²) in [6.45, 7) is 7.42. The summed E-state index contributed by atoms with van der Waals surface area (Å²) in [5.74, 6) is 0.674. The summed E-state index contributed by atoms with van der Waals surface area (Å²) in [7, 11) is 2.21. The fraction of sp³-hybridized carbons (Fsp3) is 0.625. The highest BCUT2D eigenvalue weighted by Crippen LogP contribution is 2.41. The number of hydrogen-bond donors (Lipinski definition) is 1. The summed E-state index contributed by atoms with van der Waals surface area (Å²) in [6, 6.07) is 6.77. The van der Waals surface area contributed by atoms with E-state index in [1.807, 2.05) is 0 Å². The van der Waals surface area contributed by atoms with Crippen LogP contribution in [0.4, 0.5) is 5.69 Å². The highest BCUT2D eigenvalue weighted by molar-refractivity contribution is 5.53. The van der Waals surface area contributed by atoms with Crippen LogP contribution in [0.15, 0.2) is 18.2 Å². The molecule has 1 aliphatic carbocycles. The van der Waals surface area contributed by atoms with E-state index in [-0.39, 0.29) is 5.54 Å². The average molecular weight is 246 g/mol. The van der Waals surface area contributed by atoms with Crippen LogP contribution in [-0.4, -0.2) is 19.1 Å². The van der Waals surface area contributed by atoms with Crippen LogP contribution in [0.5, 0.6) is 0 Å². The normalized spacial score (nSPS) is 27.5. The van der Waals surface area contributed by atoms with Crippen LogP contribution in [0.2, 0.25) is 0 Å². The van der Waals surface area contributed by atoms with Crippen LogP contribution in [0, 0.1) is 19.8 Å². The molecule has 1 fully saturated rings. The molecule has 1 aromatic rings. The minimum atomic E-state index is 0.153. The van der Waals surface area contributed by atoms with Crippen molar-refractivity contribution in [2.45, 2.75) is 45.6 Å². The second-order valence-electron chi connectivity index (χ2n) is 6.01. The molecule has 2 N–H and O–H groups in total. The third-order valence-corrected chi connectivity index (χ3v) is 4.78. The molecule has 2 heteroatoms. The predicted molar refractivity (Wildman–Crippen MR) is 79.1 cm³/mol. The van der Waals surface area contributed by atoms with Crippen LogP contribution < -0.4 is 10.6 Å². The number of likely N-dealkylation sites (N-methyl/N-ethyl adjacent to an activating group) is 1. The quantitative estimate of drug-likeness (QED) is 0.887. The number of hydrogen-bond acceptors (Lipinski definition) is 2. The summed E-state index contributed by atoms with van der Waals surface area (Å²) in [4.78, 5) is 2.44. The molecule has 1 saturated carbocycles. The van der Waals surface area contributed by atoms with Gasteiger partial charge in [0.05, 0.1) is 5.54 Å². The zero-order valence-electron chi connectivity index (χ0n) is 12.2. The van der Waals surface area contributed by atoms with E-state index in [9.17, 15) is 0 Å². The lowest BCUT2D eigenvalue weighted by atomic mass is 9.86. The zero-order valence-corrected chi connectivity index (χ0v) is 12.2. The van der Waals surface area contributed by atoms with Gasteiger partial charge in [0.2, 0.25) is 0 Å². The SMILES string of the molecule is Cc1cc(C)cc(N(C)C2(CN)CCCC2C)c1. The van der Waals surface area contributed by atoms with Gasteiger partial charge < -0.3 is 10.6 Å². The van der Waals surface area contributed by atoms with Crippen molar-refractivity contribution >= 4 is 5.69 Å². The van der Waals surface area contributed by atoms with Crippen molar-refractivity contribution in [2.24, 2.45) is 11.7 Å². The number of anilines is 1. The van der Waals surface area contributed by atoms with E-state index >= 15 is 0 Å². The van der Waals surface area contributed by atoms with Crippen LogP contribution in [0.25, 0.3) is 0 Å². The number of rotatable bonds is 3. The molecule has 0 aromatic heterocycles. The Morgan fingerprint density at radius 3 is 2.33 bits per heavy atom. The molecule has 0 radical (unpaired) electrons. The van der Waals surface area contributed by atoms with Gasteiger partial charge in [0.1, 0.15) is 0 Å². The van der Waals surface area contributed by atoms with Crippen molar-refractivity contribution in [1.29, 1.82) is 0 Å². The molecule has 0 amide bonds. The largest absolute Gasteiger partial charge is 0.367 e. The second-order valence-corrected chi connectivity index (χ2v) is 6.01. The zero-order chi connectivity index (χ0) is 13.3. The highest BCUT2D eigenvalue weighted by Gasteiger charge is 2.42. The molecule has 1 aromatic carbocycles. The number of nitrogens with two attached hydrogens (primary N) is 1. The Balaban J connectivity index is 2.37. The third-order valence-electron chi connectivity index (χ3n) is 4.78. The molecule has 2 nitrogen and oxygen atoms in total. The van der Waals surface area contributed by atoms with E-state index in [0.29, 0.717) is 5.92 Å². The van der Waals surface area contributed by atoms with E-state index < -0.39 is 0 Å². The Morgan fingerprint density at radius 2 is 1.89 bits per heavy atom. The van der Waals surface area contributed by atoms with Crippen LogP contribution in [0.3, 0.4) is 0 Å². The molecule has 2 unspecified atom stereocenters. The number of nitrogens with zero attached hydrogens (tertiary/aromatic N) is 1. The van der Waals surface area contributed by atoms with Gasteiger partial charge in [-0.25, -0.2) is 0 Å². The van der Waals surface area contributed by atoms with Crippen molar-refractivity contribution in [3.8, 4) is 0 Å². The molecule has 2 rings (SSSR count). The van der Waals surface area contributed by atoms with E-state index in [2.05, 4.69) is 50.9 Å². The molecule has 0 spiro atoms. The van der Waals surface area contributed by atoms with Crippen molar-refractivity contribution in [1.82, 2.24) is 0 Å². The van der Waals surface area contributed by atoms with Crippen LogP contribution in [-0.2, 0) is 0 Å². The molecule has 18 heavy (non-hydrogen) atoms. The Bertz CT molecular complexity index is 407. The van der Waals surface area contributed by atoms with Gasteiger partial charge in [0.15, 0.2) is 0 Å². The van der Waals surface area contributed by atoms with Crippen molar-refractivity contribution in [3.05, 3.63) is 29.3 Å². The molecular formula is C16H26N2. The standard InChI is InChI=1S/C16H26N2/c1-12-8-13(2)10-15(9-12)18(4)16(11-17)7-5-6-14(16)3/h8-10,14H,5-7,11,17H2,1-4H3. The first-order valence-electron chi connectivity index (χ1n) is 7.02. The van der Waals surface area contributed by atoms with Crippen molar-refractivity contribution in [2.75, 3.05) is 18.5 Å². The molecule has 100 valence electrons.